The van der Waals surface area contributed by atoms with Crippen LogP contribution in [0.25, 0.3) is 11.4 Å². The van der Waals surface area contributed by atoms with Gasteiger partial charge >= 0.3 is 0 Å². The second-order valence-electron chi connectivity index (χ2n) is 2.95. The normalized spacial score (nSPS) is 10.4. The van der Waals surface area contributed by atoms with Gasteiger partial charge in [0.15, 0.2) is 5.82 Å². The molecular formula is C10H10FN3. The van der Waals surface area contributed by atoms with Gasteiger partial charge in [-0.25, -0.2) is 4.39 Å². The average Bonchev–Trinajstić information content (AvgIpc) is 2.67. The number of benzene rings is 1. The summed E-state index contributed by atoms with van der Waals surface area (Å²) in [6.07, 6.45) is 1.67. The summed E-state index contributed by atoms with van der Waals surface area (Å²) in [6, 6.07) is 6.24. The summed E-state index contributed by atoms with van der Waals surface area (Å²) in [4.78, 5) is 0. The molecule has 0 saturated heterocycles. The van der Waals surface area contributed by atoms with E-state index < -0.39 is 0 Å². The van der Waals surface area contributed by atoms with E-state index in [0.717, 1.165) is 17.9 Å². The van der Waals surface area contributed by atoms with Crippen molar-refractivity contribution in [2.75, 3.05) is 0 Å². The molecule has 0 N–H and O–H groups in total. The van der Waals surface area contributed by atoms with Crippen molar-refractivity contribution in [3.05, 3.63) is 36.4 Å². The van der Waals surface area contributed by atoms with Crippen molar-refractivity contribution < 1.29 is 4.39 Å². The van der Waals surface area contributed by atoms with E-state index in [1.807, 2.05) is 11.5 Å². The molecule has 0 amide bonds. The first kappa shape index (κ1) is 8.87. The van der Waals surface area contributed by atoms with Crippen LogP contribution in [0.15, 0.2) is 30.6 Å². The van der Waals surface area contributed by atoms with Gasteiger partial charge in [0.2, 0.25) is 0 Å². The van der Waals surface area contributed by atoms with E-state index in [-0.39, 0.29) is 5.82 Å². The molecule has 1 aromatic carbocycles. The largest absolute Gasteiger partial charge is 0.314 e. The van der Waals surface area contributed by atoms with E-state index in [2.05, 4.69) is 10.2 Å². The van der Waals surface area contributed by atoms with Crippen molar-refractivity contribution in [2.45, 2.75) is 13.5 Å². The van der Waals surface area contributed by atoms with Crippen LogP contribution in [0.4, 0.5) is 4.39 Å². The second kappa shape index (κ2) is 3.57. The summed E-state index contributed by atoms with van der Waals surface area (Å²) in [6.45, 7) is 2.82. The second-order valence-corrected chi connectivity index (χ2v) is 2.95. The number of hydrogen-bond acceptors (Lipinski definition) is 2. The Morgan fingerprint density at radius 2 is 2.00 bits per heavy atom. The van der Waals surface area contributed by atoms with E-state index in [9.17, 15) is 4.39 Å². The Hall–Kier alpha value is -1.71. The Morgan fingerprint density at radius 3 is 2.64 bits per heavy atom. The standard InChI is InChI=1S/C10H10FN3/c1-2-14-7-12-13-10(14)8-3-5-9(11)6-4-8/h3-7H,2H2,1H3. The van der Waals surface area contributed by atoms with E-state index in [1.54, 1.807) is 18.5 Å². The molecule has 0 aliphatic rings. The molecule has 2 aromatic rings. The number of aromatic nitrogens is 3. The Morgan fingerprint density at radius 1 is 1.29 bits per heavy atom. The fourth-order valence-corrected chi connectivity index (χ4v) is 1.31. The van der Waals surface area contributed by atoms with Gasteiger partial charge in [0.05, 0.1) is 0 Å². The lowest BCUT2D eigenvalue weighted by Crippen LogP contribution is -1.95. The van der Waals surface area contributed by atoms with Gasteiger partial charge in [-0.2, -0.15) is 0 Å². The van der Waals surface area contributed by atoms with Crippen LogP contribution in [0.2, 0.25) is 0 Å². The van der Waals surface area contributed by atoms with Gasteiger partial charge in [0, 0.05) is 12.1 Å². The lowest BCUT2D eigenvalue weighted by molar-refractivity contribution is 0.628. The van der Waals surface area contributed by atoms with Crippen LogP contribution in [0.1, 0.15) is 6.92 Å². The first-order valence-electron chi connectivity index (χ1n) is 4.45. The molecule has 14 heavy (non-hydrogen) atoms. The molecule has 0 fully saturated rings. The third kappa shape index (κ3) is 1.51. The van der Waals surface area contributed by atoms with Crippen LogP contribution >= 0.6 is 0 Å². The Labute approximate surface area is 81.2 Å². The highest BCUT2D eigenvalue weighted by Gasteiger charge is 2.04. The number of rotatable bonds is 2. The SMILES string of the molecule is CCn1cnnc1-c1ccc(F)cc1. The highest BCUT2D eigenvalue weighted by Crippen LogP contribution is 2.16. The molecule has 0 radical (unpaired) electrons. The van der Waals surface area contributed by atoms with E-state index in [0.29, 0.717) is 0 Å². The summed E-state index contributed by atoms with van der Waals surface area (Å²) >= 11 is 0. The van der Waals surface area contributed by atoms with Crippen molar-refractivity contribution in [1.82, 2.24) is 14.8 Å². The highest BCUT2D eigenvalue weighted by molar-refractivity contribution is 5.54. The van der Waals surface area contributed by atoms with Gasteiger partial charge < -0.3 is 4.57 Å². The molecule has 0 spiro atoms. The van der Waals surface area contributed by atoms with Crippen LogP contribution < -0.4 is 0 Å². The molecule has 72 valence electrons. The summed E-state index contributed by atoms with van der Waals surface area (Å²) in [7, 11) is 0. The quantitative estimate of drug-likeness (QED) is 0.727. The topological polar surface area (TPSA) is 30.7 Å². The maximum atomic E-state index is 12.7. The fourth-order valence-electron chi connectivity index (χ4n) is 1.31. The summed E-state index contributed by atoms with van der Waals surface area (Å²) in [5.74, 6) is 0.531. The van der Waals surface area contributed by atoms with Crippen molar-refractivity contribution >= 4 is 0 Å². The van der Waals surface area contributed by atoms with Gasteiger partial charge in [-0.15, -0.1) is 10.2 Å². The molecule has 3 nitrogen and oxygen atoms in total. The zero-order chi connectivity index (χ0) is 9.97. The van der Waals surface area contributed by atoms with Gasteiger partial charge in [-0.1, -0.05) is 0 Å². The molecule has 0 unspecified atom stereocenters. The molecule has 0 saturated carbocycles. The first-order chi connectivity index (χ1) is 6.81. The smallest absolute Gasteiger partial charge is 0.163 e. The molecule has 0 atom stereocenters. The maximum Gasteiger partial charge on any atom is 0.163 e. The third-order valence-corrected chi connectivity index (χ3v) is 2.06. The summed E-state index contributed by atoms with van der Waals surface area (Å²) < 4.78 is 14.6. The molecule has 2 rings (SSSR count). The fraction of sp³-hybridized carbons (Fsp3) is 0.200. The van der Waals surface area contributed by atoms with Gasteiger partial charge in [-0.05, 0) is 31.2 Å². The number of halogens is 1. The number of hydrogen-bond donors (Lipinski definition) is 0. The first-order valence-corrected chi connectivity index (χ1v) is 4.45. The van der Waals surface area contributed by atoms with Crippen LogP contribution in [-0.2, 0) is 6.54 Å². The molecule has 1 aromatic heterocycles. The molecule has 0 aliphatic carbocycles. The van der Waals surface area contributed by atoms with Crippen molar-refractivity contribution in [2.24, 2.45) is 0 Å². The minimum absolute atomic E-state index is 0.240. The lowest BCUT2D eigenvalue weighted by atomic mass is 10.2. The number of aryl methyl sites for hydroxylation is 1. The van der Waals surface area contributed by atoms with Gasteiger partial charge in [-0.3, -0.25) is 0 Å². The van der Waals surface area contributed by atoms with E-state index in [1.165, 1.54) is 12.1 Å². The van der Waals surface area contributed by atoms with Crippen LogP contribution in [0.5, 0.6) is 0 Å². The van der Waals surface area contributed by atoms with Crippen molar-refractivity contribution in [1.29, 1.82) is 0 Å². The van der Waals surface area contributed by atoms with Gasteiger partial charge in [0.25, 0.3) is 0 Å². The minimum Gasteiger partial charge on any atom is -0.314 e. The van der Waals surface area contributed by atoms with Crippen molar-refractivity contribution in [3.8, 4) is 11.4 Å². The Bertz CT molecular complexity index is 419. The number of nitrogens with zero attached hydrogens (tertiary/aromatic N) is 3. The average molecular weight is 191 g/mol. The van der Waals surface area contributed by atoms with Crippen molar-refractivity contribution in [3.63, 3.8) is 0 Å². The molecule has 1 heterocycles. The molecule has 4 heteroatoms. The zero-order valence-electron chi connectivity index (χ0n) is 7.81. The minimum atomic E-state index is -0.240. The Kier molecular flexibility index (Phi) is 2.26. The summed E-state index contributed by atoms with van der Waals surface area (Å²) in [5, 5.41) is 7.79. The highest BCUT2D eigenvalue weighted by atomic mass is 19.1. The van der Waals surface area contributed by atoms with Gasteiger partial charge in [0.1, 0.15) is 12.1 Å². The van der Waals surface area contributed by atoms with E-state index >= 15 is 0 Å². The molecule has 0 aliphatic heterocycles. The third-order valence-electron chi connectivity index (χ3n) is 2.06. The monoisotopic (exact) mass is 191 g/mol. The van der Waals surface area contributed by atoms with Crippen LogP contribution in [0, 0.1) is 5.82 Å². The molecular weight excluding hydrogens is 181 g/mol. The van der Waals surface area contributed by atoms with E-state index in [4.69, 9.17) is 0 Å². The molecule has 0 bridgehead atoms. The van der Waals surface area contributed by atoms with Crippen LogP contribution in [-0.4, -0.2) is 14.8 Å². The maximum absolute atomic E-state index is 12.7. The lowest BCUT2D eigenvalue weighted by Gasteiger charge is -2.02. The predicted octanol–water partition coefficient (Wildman–Crippen LogP) is 2.10. The Balaban J connectivity index is 2.44. The zero-order valence-corrected chi connectivity index (χ0v) is 7.81. The predicted molar refractivity (Wildman–Crippen MR) is 51.1 cm³/mol. The van der Waals surface area contributed by atoms with Crippen LogP contribution in [0.3, 0.4) is 0 Å². The summed E-state index contributed by atoms with van der Waals surface area (Å²) in [5.41, 5.74) is 0.880.